The fraction of sp³-hybridized carbons (Fsp3) is 0.647. The minimum atomic E-state index is 0. The molecule has 0 unspecified atom stereocenters. The summed E-state index contributed by atoms with van der Waals surface area (Å²) in [6.07, 6.45) is 5.73. The molecule has 4 rings (SSSR count). The Morgan fingerprint density at radius 3 is 2.00 bits per heavy atom. The smallest absolute Gasteiger partial charge is 0.235 e. The molecule has 8 nitrogen and oxygen atoms in total. The van der Waals surface area contributed by atoms with E-state index in [0.717, 1.165) is 56.0 Å². The van der Waals surface area contributed by atoms with E-state index in [1.54, 1.807) is 0 Å². The van der Waals surface area contributed by atoms with Gasteiger partial charge in [0.15, 0.2) is 5.82 Å². The van der Waals surface area contributed by atoms with Crippen LogP contribution >= 0.6 is 0 Å². The maximum atomic E-state index is 4.72. The molecule has 0 amide bonds. The Balaban J connectivity index is 0.00000182. The first-order valence-corrected chi connectivity index (χ1v) is 8.89. The molecule has 0 aromatic carbocycles. The minimum absolute atomic E-state index is 0. The van der Waals surface area contributed by atoms with E-state index < -0.39 is 0 Å². The maximum Gasteiger partial charge on any atom is 0.235 e. The van der Waals surface area contributed by atoms with Gasteiger partial charge in [0.1, 0.15) is 0 Å². The molecule has 0 saturated carbocycles. The Morgan fingerprint density at radius 1 is 0.960 bits per heavy atom. The van der Waals surface area contributed by atoms with E-state index in [1.807, 2.05) is 6.07 Å². The zero-order valence-electron chi connectivity index (χ0n) is 14.1. The van der Waals surface area contributed by atoms with Crippen LogP contribution in [-0.2, 0) is 6.42 Å². The highest BCUT2D eigenvalue weighted by Gasteiger charge is 2.21. The molecule has 2 saturated heterocycles. The van der Waals surface area contributed by atoms with Crippen LogP contribution in [0.1, 0.15) is 45.7 Å². The van der Waals surface area contributed by atoms with Crippen LogP contribution in [0.2, 0.25) is 0 Å². The van der Waals surface area contributed by atoms with Crippen LogP contribution in [-0.4, -0.2) is 51.3 Å². The molecule has 0 atom stereocenters. The van der Waals surface area contributed by atoms with Crippen LogP contribution in [0.15, 0.2) is 6.07 Å². The number of nitrogens with zero attached hydrogens (tertiary/aromatic N) is 6. The summed E-state index contributed by atoms with van der Waals surface area (Å²) in [5.41, 5.74) is 1.09. The molecule has 2 aliphatic heterocycles. The lowest BCUT2D eigenvalue weighted by atomic mass is 10.3. The number of hydrogen-bond acceptors (Lipinski definition) is 7. The normalized spacial score (nSPS) is 17.0. The first-order valence-electron chi connectivity index (χ1n) is 8.89. The molecule has 2 aromatic rings. The lowest BCUT2D eigenvalue weighted by Crippen LogP contribution is -2.25. The maximum absolute atomic E-state index is 4.72. The van der Waals surface area contributed by atoms with Crippen molar-refractivity contribution < 1.29 is 0 Å². The summed E-state index contributed by atoms with van der Waals surface area (Å²) in [6.45, 7) is 6.17. The third kappa shape index (κ3) is 3.83. The highest BCUT2D eigenvalue weighted by molar-refractivity contribution is 5.53. The summed E-state index contributed by atoms with van der Waals surface area (Å²) in [5.74, 6) is 2.87. The van der Waals surface area contributed by atoms with E-state index >= 15 is 0 Å². The molecule has 0 bridgehead atoms. The van der Waals surface area contributed by atoms with Gasteiger partial charge in [0, 0.05) is 37.9 Å². The number of anilines is 4. The van der Waals surface area contributed by atoms with Crippen molar-refractivity contribution in [2.45, 2.75) is 46.5 Å². The number of aromatic amines is 1. The van der Waals surface area contributed by atoms with Gasteiger partial charge in [-0.2, -0.15) is 20.1 Å². The zero-order valence-corrected chi connectivity index (χ0v) is 14.1. The van der Waals surface area contributed by atoms with Gasteiger partial charge in [-0.25, -0.2) is 0 Å². The van der Waals surface area contributed by atoms with E-state index in [2.05, 4.69) is 42.2 Å². The number of nitrogens with one attached hydrogen (secondary N) is 2. The monoisotopic (exact) mass is 344 g/mol. The van der Waals surface area contributed by atoms with Crippen molar-refractivity contribution in [2.75, 3.05) is 41.3 Å². The van der Waals surface area contributed by atoms with E-state index in [-0.39, 0.29) is 7.43 Å². The molecule has 0 aliphatic carbocycles. The predicted molar refractivity (Wildman–Crippen MR) is 101 cm³/mol. The number of H-pyrrole nitrogens is 1. The summed E-state index contributed by atoms with van der Waals surface area (Å²) in [4.78, 5) is 18.5. The van der Waals surface area contributed by atoms with Crippen molar-refractivity contribution in [3.8, 4) is 0 Å². The SMILES string of the molecule is C.CCc1cc(Nc2nc(N3CCCC3)nc(N3CCCC3)n2)n[nH]1. The van der Waals surface area contributed by atoms with Gasteiger partial charge in [-0.3, -0.25) is 5.10 Å². The first kappa shape index (κ1) is 17.4. The van der Waals surface area contributed by atoms with E-state index in [4.69, 9.17) is 4.98 Å². The van der Waals surface area contributed by atoms with Gasteiger partial charge in [-0.15, -0.1) is 0 Å². The second-order valence-corrected chi connectivity index (χ2v) is 6.40. The molecule has 2 N–H and O–H groups in total. The first-order chi connectivity index (χ1) is 11.8. The van der Waals surface area contributed by atoms with Gasteiger partial charge >= 0.3 is 0 Å². The van der Waals surface area contributed by atoms with E-state index in [1.165, 1.54) is 25.7 Å². The second-order valence-electron chi connectivity index (χ2n) is 6.40. The number of rotatable bonds is 5. The molecule has 2 aromatic heterocycles. The zero-order chi connectivity index (χ0) is 16.4. The lowest BCUT2D eigenvalue weighted by Gasteiger charge is -2.20. The Hall–Kier alpha value is -2.38. The van der Waals surface area contributed by atoms with E-state index in [9.17, 15) is 0 Å². The Kier molecular flexibility index (Phi) is 5.35. The Labute approximate surface area is 149 Å². The van der Waals surface area contributed by atoms with Gasteiger partial charge in [0.2, 0.25) is 17.8 Å². The van der Waals surface area contributed by atoms with Crippen molar-refractivity contribution in [2.24, 2.45) is 0 Å². The van der Waals surface area contributed by atoms with Crippen molar-refractivity contribution in [3.05, 3.63) is 11.8 Å². The molecule has 136 valence electrons. The van der Waals surface area contributed by atoms with Gasteiger partial charge < -0.3 is 15.1 Å². The average molecular weight is 344 g/mol. The van der Waals surface area contributed by atoms with Crippen LogP contribution < -0.4 is 15.1 Å². The standard InChI is InChI=1S/C16H24N8.CH4/c1-2-12-11-13(22-21-12)17-14-18-15(23-7-3-4-8-23)20-16(19-14)24-9-5-6-10-24;/h11H,2-10H2,1H3,(H2,17,18,19,20,21,22);1H4. The molecular weight excluding hydrogens is 316 g/mol. The summed E-state index contributed by atoms with van der Waals surface area (Å²) < 4.78 is 0. The highest BCUT2D eigenvalue weighted by Crippen LogP contribution is 2.24. The minimum Gasteiger partial charge on any atom is -0.341 e. The highest BCUT2D eigenvalue weighted by atomic mass is 15.4. The van der Waals surface area contributed by atoms with Crippen LogP contribution in [0.25, 0.3) is 0 Å². The van der Waals surface area contributed by atoms with Crippen molar-refractivity contribution >= 4 is 23.7 Å². The van der Waals surface area contributed by atoms with Crippen molar-refractivity contribution in [3.63, 3.8) is 0 Å². The molecule has 0 spiro atoms. The number of aryl methyl sites for hydroxylation is 1. The molecule has 2 aliphatic rings. The molecule has 8 heteroatoms. The summed E-state index contributed by atoms with van der Waals surface area (Å²) in [7, 11) is 0. The number of hydrogen-bond donors (Lipinski definition) is 2. The van der Waals surface area contributed by atoms with Crippen LogP contribution in [0.5, 0.6) is 0 Å². The van der Waals surface area contributed by atoms with Crippen LogP contribution in [0.3, 0.4) is 0 Å². The topological polar surface area (TPSA) is 85.9 Å². The van der Waals surface area contributed by atoms with Crippen molar-refractivity contribution in [1.82, 2.24) is 25.1 Å². The fourth-order valence-electron chi connectivity index (χ4n) is 3.25. The molecule has 0 radical (unpaired) electrons. The molecule has 25 heavy (non-hydrogen) atoms. The number of aromatic nitrogens is 5. The average Bonchev–Trinajstić information content (AvgIpc) is 3.36. The largest absolute Gasteiger partial charge is 0.341 e. The Bertz CT molecular complexity index is 651. The van der Waals surface area contributed by atoms with Crippen LogP contribution in [0, 0.1) is 0 Å². The quantitative estimate of drug-likeness (QED) is 0.862. The van der Waals surface area contributed by atoms with Crippen molar-refractivity contribution in [1.29, 1.82) is 0 Å². The summed E-state index contributed by atoms with van der Waals surface area (Å²) >= 11 is 0. The van der Waals surface area contributed by atoms with Gasteiger partial charge in [0.25, 0.3) is 0 Å². The van der Waals surface area contributed by atoms with Gasteiger partial charge in [0.05, 0.1) is 0 Å². The summed E-state index contributed by atoms with van der Waals surface area (Å²) in [6, 6.07) is 1.99. The molecule has 2 fully saturated rings. The summed E-state index contributed by atoms with van der Waals surface area (Å²) in [5, 5.41) is 10.5. The lowest BCUT2D eigenvalue weighted by molar-refractivity contribution is 0.841. The predicted octanol–water partition coefficient (Wildman–Crippen LogP) is 2.74. The van der Waals surface area contributed by atoms with Gasteiger partial charge in [-0.05, 0) is 32.1 Å². The van der Waals surface area contributed by atoms with E-state index in [0.29, 0.717) is 5.95 Å². The van der Waals surface area contributed by atoms with Crippen LogP contribution in [0.4, 0.5) is 23.7 Å². The fourth-order valence-corrected chi connectivity index (χ4v) is 3.25. The van der Waals surface area contributed by atoms with Gasteiger partial charge in [-0.1, -0.05) is 14.4 Å². The second kappa shape index (κ2) is 7.67. The Morgan fingerprint density at radius 2 is 1.52 bits per heavy atom. The molecule has 4 heterocycles. The third-order valence-electron chi connectivity index (χ3n) is 4.64. The molecular formula is C17H28N8. The third-order valence-corrected chi connectivity index (χ3v) is 4.64.